The number of aliphatic hydroxyl groups is 1. The van der Waals surface area contributed by atoms with Gasteiger partial charge in [0.1, 0.15) is 5.76 Å². The summed E-state index contributed by atoms with van der Waals surface area (Å²) in [6.45, 7) is 6.95. The van der Waals surface area contributed by atoms with Gasteiger partial charge in [0.05, 0.1) is 18.4 Å². The molecule has 1 aromatic heterocycles. The zero-order valence-electron chi connectivity index (χ0n) is 13.0. The van der Waals surface area contributed by atoms with Crippen LogP contribution in [0.3, 0.4) is 0 Å². The summed E-state index contributed by atoms with van der Waals surface area (Å²) in [7, 11) is 0. The maximum absolute atomic E-state index is 10.2. The zero-order chi connectivity index (χ0) is 15.2. The molecule has 0 bridgehead atoms. The summed E-state index contributed by atoms with van der Waals surface area (Å²) < 4.78 is 5.34. The van der Waals surface area contributed by atoms with E-state index in [9.17, 15) is 5.11 Å². The smallest absolute Gasteiger partial charge is 0.120 e. The molecule has 2 aromatic rings. The first-order valence-electron chi connectivity index (χ1n) is 7.60. The standard InChI is InChI=1S/C18H25NO2/c1-13(2)11-15-6-8-16(9-7-15)17(20)12-19-14(3)18-5-4-10-21-18/h4-10,13-14,17,19-20H,11-12H2,1-3H3/t14-,17?/m0/s1. The van der Waals surface area contributed by atoms with Gasteiger partial charge in [0.15, 0.2) is 0 Å². The monoisotopic (exact) mass is 287 g/mol. The Bertz CT molecular complexity index is 517. The molecule has 0 aliphatic carbocycles. The minimum Gasteiger partial charge on any atom is -0.468 e. The van der Waals surface area contributed by atoms with Gasteiger partial charge in [-0.05, 0) is 42.5 Å². The summed E-state index contributed by atoms with van der Waals surface area (Å²) in [6.07, 6.45) is 2.23. The van der Waals surface area contributed by atoms with Gasteiger partial charge in [0.2, 0.25) is 0 Å². The quantitative estimate of drug-likeness (QED) is 0.812. The highest BCUT2D eigenvalue weighted by atomic mass is 16.3. The summed E-state index contributed by atoms with van der Waals surface area (Å²) >= 11 is 0. The van der Waals surface area contributed by atoms with Crippen LogP contribution in [-0.2, 0) is 6.42 Å². The zero-order valence-corrected chi connectivity index (χ0v) is 13.0. The van der Waals surface area contributed by atoms with E-state index in [1.54, 1.807) is 6.26 Å². The Hall–Kier alpha value is -1.58. The number of aliphatic hydroxyl groups excluding tert-OH is 1. The molecule has 0 saturated carbocycles. The molecule has 1 heterocycles. The van der Waals surface area contributed by atoms with Crippen molar-refractivity contribution in [2.24, 2.45) is 5.92 Å². The van der Waals surface area contributed by atoms with Crippen molar-refractivity contribution >= 4 is 0 Å². The van der Waals surface area contributed by atoms with Crippen molar-refractivity contribution < 1.29 is 9.52 Å². The first kappa shape index (κ1) is 15.8. The Morgan fingerprint density at radius 1 is 1.10 bits per heavy atom. The van der Waals surface area contributed by atoms with E-state index in [1.807, 2.05) is 31.2 Å². The van der Waals surface area contributed by atoms with Gasteiger partial charge in [-0.25, -0.2) is 0 Å². The van der Waals surface area contributed by atoms with Crippen LogP contribution >= 0.6 is 0 Å². The summed E-state index contributed by atoms with van der Waals surface area (Å²) in [5.41, 5.74) is 2.26. The van der Waals surface area contributed by atoms with E-state index in [0.717, 1.165) is 17.7 Å². The van der Waals surface area contributed by atoms with Gasteiger partial charge in [-0.2, -0.15) is 0 Å². The Labute approximate surface area is 127 Å². The summed E-state index contributed by atoms with van der Waals surface area (Å²) in [5, 5.41) is 13.5. The van der Waals surface area contributed by atoms with E-state index in [-0.39, 0.29) is 6.04 Å². The molecule has 3 nitrogen and oxygen atoms in total. The van der Waals surface area contributed by atoms with Crippen LogP contribution in [0.4, 0.5) is 0 Å². The minimum atomic E-state index is -0.504. The number of rotatable bonds is 7. The number of benzene rings is 1. The molecule has 1 aromatic carbocycles. The van der Waals surface area contributed by atoms with Crippen LogP contribution in [0.1, 0.15) is 49.8 Å². The first-order chi connectivity index (χ1) is 10.1. The fourth-order valence-electron chi connectivity index (χ4n) is 2.39. The van der Waals surface area contributed by atoms with Crippen LogP contribution in [0.2, 0.25) is 0 Å². The Kier molecular flexibility index (Phi) is 5.59. The lowest BCUT2D eigenvalue weighted by Gasteiger charge is -2.16. The van der Waals surface area contributed by atoms with Crippen LogP contribution in [0, 0.1) is 5.92 Å². The molecule has 3 heteroatoms. The predicted octanol–water partition coefficient (Wildman–Crippen LogP) is 3.86. The maximum Gasteiger partial charge on any atom is 0.120 e. The number of nitrogens with one attached hydrogen (secondary N) is 1. The van der Waals surface area contributed by atoms with Crippen molar-refractivity contribution in [3.63, 3.8) is 0 Å². The van der Waals surface area contributed by atoms with Gasteiger partial charge < -0.3 is 14.8 Å². The Morgan fingerprint density at radius 3 is 2.38 bits per heavy atom. The molecular formula is C18H25NO2. The SMILES string of the molecule is CC(C)Cc1ccc(C(O)CN[C@@H](C)c2ccco2)cc1. The molecule has 1 unspecified atom stereocenters. The summed E-state index contributed by atoms with van der Waals surface area (Å²) in [6, 6.07) is 12.1. The summed E-state index contributed by atoms with van der Waals surface area (Å²) in [4.78, 5) is 0. The second kappa shape index (κ2) is 7.43. The van der Waals surface area contributed by atoms with Crippen LogP contribution in [0.15, 0.2) is 47.1 Å². The topological polar surface area (TPSA) is 45.4 Å². The highest BCUT2D eigenvalue weighted by Crippen LogP contribution is 2.17. The van der Waals surface area contributed by atoms with Crippen molar-refractivity contribution in [1.29, 1.82) is 0 Å². The van der Waals surface area contributed by atoms with Crippen molar-refractivity contribution in [3.05, 3.63) is 59.5 Å². The molecule has 0 aliphatic rings. The van der Waals surface area contributed by atoms with Crippen LogP contribution in [0.25, 0.3) is 0 Å². The van der Waals surface area contributed by atoms with E-state index in [4.69, 9.17) is 4.42 Å². The fraction of sp³-hybridized carbons (Fsp3) is 0.444. The lowest BCUT2D eigenvalue weighted by Crippen LogP contribution is -2.24. The lowest BCUT2D eigenvalue weighted by atomic mass is 10.00. The minimum absolute atomic E-state index is 0.0925. The van der Waals surface area contributed by atoms with Crippen molar-refractivity contribution in [3.8, 4) is 0 Å². The maximum atomic E-state index is 10.2. The Morgan fingerprint density at radius 2 is 1.81 bits per heavy atom. The average molecular weight is 287 g/mol. The molecule has 114 valence electrons. The molecule has 0 amide bonds. The number of hydrogen-bond acceptors (Lipinski definition) is 3. The van der Waals surface area contributed by atoms with Gasteiger partial charge in [-0.3, -0.25) is 0 Å². The number of hydrogen-bond donors (Lipinski definition) is 2. The third-order valence-corrected chi connectivity index (χ3v) is 3.60. The molecule has 0 fully saturated rings. The van der Waals surface area contributed by atoms with Gasteiger partial charge in [0.25, 0.3) is 0 Å². The van der Waals surface area contributed by atoms with Crippen molar-refractivity contribution in [2.75, 3.05) is 6.54 Å². The molecule has 0 aliphatic heterocycles. The molecule has 2 atom stereocenters. The van der Waals surface area contributed by atoms with E-state index in [0.29, 0.717) is 12.5 Å². The van der Waals surface area contributed by atoms with Gasteiger partial charge in [-0.1, -0.05) is 38.1 Å². The van der Waals surface area contributed by atoms with Gasteiger partial charge >= 0.3 is 0 Å². The van der Waals surface area contributed by atoms with E-state index in [1.165, 1.54) is 5.56 Å². The largest absolute Gasteiger partial charge is 0.468 e. The number of furan rings is 1. The van der Waals surface area contributed by atoms with Gasteiger partial charge in [-0.15, -0.1) is 0 Å². The van der Waals surface area contributed by atoms with Crippen LogP contribution in [0.5, 0.6) is 0 Å². The molecule has 2 rings (SSSR count). The molecular weight excluding hydrogens is 262 g/mol. The highest BCUT2D eigenvalue weighted by Gasteiger charge is 2.12. The first-order valence-corrected chi connectivity index (χ1v) is 7.60. The van der Waals surface area contributed by atoms with Crippen LogP contribution in [-0.4, -0.2) is 11.7 Å². The summed E-state index contributed by atoms with van der Waals surface area (Å²) in [5.74, 6) is 1.53. The third-order valence-electron chi connectivity index (χ3n) is 3.60. The van der Waals surface area contributed by atoms with E-state index < -0.39 is 6.10 Å². The second-order valence-corrected chi connectivity index (χ2v) is 6.00. The normalized spacial score (nSPS) is 14.3. The van der Waals surface area contributed by atoms with Gasteiger partial charge in [0, 0.05) is 6.54 Å². The second-order valence-electron chi connectivity index (χ2n) is 6.00. The average Bonchev–Trinajstić information content (AvgIpc) is 2.99. The third kappa shape index (κ3) is 4.73. The van der Waals surface area contributed by atoms with E-state index in [2.05, 4.69) is 31.3 Å². The molecule has 0 radical (unpaired) electrons. The lowest BCUT2D eigenvalue weighted by molar-refractivity contribution is 0.169. The fourth-order valence-corrected chi connectivity index (χ4v) is 2.39. The van der Waals surface area contributed by atoms with E-state index >= 15 is 0 Å². The van der Waals surface area contributed by atoms with Crippen molar-refractivity contribution in [1.82, 2.24) is 5.32 Å². The Balaban J connectivity index is 1.86. The molecule has 2 N–H and O–H groups in total. The predicted molar refractivity (Wildman–Crippen MR) is 85.1 cm³/mol. The molecule has 21 heavy (non-hydrogen) atoms. The molecule has 0 spiro atoms. The molecule has 0 saturated heterocycles. The highest BCUT2D eigenvalue weighted by molar-refractivity contribution is 5.24. The van der Waals surface area contributed by atoms with Crippen LogP contribution < -0.4 is 5.32 Å². The van der Waals surface area contributed by atoms with Crippen molar-refractivity contribution in [2.45, 2.75) is 39.3 Å².